The zero-order valence-corrected chi connectivity index (χ0v) is 19.2. The van der Waals surface area contributed by atoms with Gasteiger partial charge < -0.3 is 5.32 Å². The summed E-state index contributed by atoms with van der Waals surface area (Å²) >= 11 is 12.7. The smallest absolute Gasteiger partial charge is 0.225 e. The number of benzene rings is 1. The van der Waals surface area contributed by atoms with Crippen LogP contribution in [-0.4, -0.2) is 15.7 Å². The maximum atomic E-state index is 13.1. The van der Waals surface area contributed by atoms with Gasteiger partial charge in [0.25, 0.3) is 0 Å². The lowest BCUT2D eigenvalue weighted by Crippen LogP contribution is -2.47. The predicted molar refractivity (Wildman–Crippen MR) is 121 cm³/mol. The molecule has 0 atom stereocenters. The number of halogens is 2. The van der Waals surface area contributed by atoms with Crippen LogP contribution in [0.15, 0.2) is 18.2 Å². The highest BCUT2D eigenvalue weighted by molar-refractivity contribution is 6.35. The molecule has 0 aliphatic heterocycles. The molecule has 6 heteroatoms. The Bertz CT molecular complexity index is 941. The molecule has 160 valence electrons. The molecule has 2 aromatic rings. The Morgan fingerprint density at radius 3 is 2.23 bits per heavy atom. The second kappa shape index (κ2) is 7.56. The van der Waals surface area contributed by atoms with Gasteiger partial charge in [-0.15, -0.1) is 0 Å². The molecule has 1 aromatic carbocycles. The van der Waals surface area contributed by atoms with E-state index in [0.717, 1.165) is 40.4 Å². The quantitative estimate of drug-likeness (QED) is 0.578. The van der Waals surface area contributed by atoms with Gasteiger partial charge in [0.2, 0.25) is 5.91 Å². The molecule has 0 radical (unpaired) electrons. The molecule has 1 aromatic heterocycles. The number of hydrogen-bond acceptors (Lipinski definition) is 2. The summed E-state index contributed by atoms with van der Waals surface area (Å²) in [5, 5.41) is 9.11. The molecule has 1 heterocycles. The Morgan fingerprint density at radius 1 is 1.10 bits per heavy atom. The molecule has 6 rings (SSSR count). The van der Waals surface area contributed by atoms with Gasteiger partial charge in [-0.05, 0) is 87.7 Å². The van der Waals surface area contributed by atoms with E-state index in [0.29, 0.717) is 23.0 Å². The van der Waals surface area contributed by atoms with Crippen LogP contribution in [0.5, 0.6) is 0 Å². The van der Waals surface area contributed by atoms with Crippen molar-refractivity contribution in [1.29, 1.82) is 0 Å². The molecule has 1 amide bonds. The second-order valence-corrected chi connectivity index (χ2v) is 10.9. The molecule has 4 bridgehead atoms. The maximum Gasteiger partial charge on any atom is 0.225 e. The van der Waals surface area contributed by atoms with E-state index in [1.807, 2.05) is 36.7 Å². The first kappa shape index (κ1) is 20.4. The van der Waals surface area contributed by atoms with Crippen LogP contribution in [0.3, 0.4) is 0 Å². The summed E-state index contributed by atoms with van der Waals surface area (Å²) in [5.74, 6) is 2.71. The first-order valence-corrected chi connectivity index (χ1v) is 11.8. The van der Waals surface area contributed by atoms with Gasteiger partial charge in [0, 0.05) is 22.0 Å². The van der Waals surface area contributed by atoms with Crippen LogP contribution in [0.4, 0.5) is 5.69 Å². The molecular formula is C24H29Cl2N3O. The van der Waals surface area contributed by atoms with Crippen molar-refractivity contribution in [3.63, 3.8) is 0 Å². The standard InChI is InChI=1S/C24H29Cl2N3O/c1-14-23(15(2)29(28-14)13-19-20(25)4-3-5-21(19)26)27-22(30)12-24-9-16-6-17(10-24)8-18(7-16)11-24/h3-5,16-18H,6-13H2,1-2H3,(H,27,30). The molecule has 0 spiro atoms. The minimum absolute atomic E-state index is 0.137. The molecule has 4 aliphatic carbocycles. The normalized spacial score (nSPS) is 29.4. The van der Waals surface area contributed by atoms with Crippen LogP contribution in [0.2, 0.25) is 10.0 Å². The van der Waals surface area contributed by atoms with Gasteiger partial charge >= 0.3 is 0 Å². The van der Waals surface area contributed by atoms with Gasteiger partial charge in [0.05, 0.1) is 23.6 Å². The average Bonchev–Trinajstić information content (AvgIpc) is 2.90. The fourth-order valence-corrected chi connectivity index (χ4v) is 7.41. The van der Waals surface area contributed by atoms with Crippen molar-refractivity contribution in [2.45, 2.75) is 65.3 Å². The van der Waals surface area contributed by atoms with Gasteiger partial charge in [-0.2, -0.15) is 5.10 Å². The first-order chi connectivity index (χ1) is 14.3. The summed E-state index contributed by atoms with van der Waals surface area (Å²) in [7, 11) is 0. The van der Waals surface area contributed by atoms with E-state index in [4.69, 9.17) is 23.2 Å². The number of anilines is 1. The van der Waals surface area contributed by atoms with Crippen molar-refractivity contribution in [3.8, 4) is 0 Å². The number of carbonyl (C=O) groups excluding carboxylic acids is 1. The molecule has 1 N–H and O–H groups in total. The Kier molecular flexibility index (Phi) is 5.14. The lowest BCUT2D eigenvalue weighted by atomic mass is 9.49. The van der Waals surface area contributed by atoms with Crippen molar-refractivity contribution in [3.05, 3.63) is 45.2 Å². The summed E-state index contributed by atoms with van der Waals surface area (Å²) < 4.78 is 1.88. The van der Waals surface area contributed by atoms with Crippen LogP contribution < -0.4 is 5.32 Å². The van der Waals surface area contributed by atoms with E-state index in [2.05, 4.69) is 10.4 Å². The third kappa shape index (κ3) is 3.67. The summed E-state index contributed by atoms with van der Waals surface area (Å²) in [6.07, 6.45) is 8.58. The minimum Gasteiger partial charge on any atom is -0.323 e. The van der Waals surface area contributed by atoms with Crippen LogP contribution >= 0.6 is 23.2 Å². The SMILES string of the molecule is Cc1nn(Cc2c(Cl)cccc2Cl)c(C)c1NC(=O)CC12CC3CC(CC(C3)C1)C2. The monoisotopic (exact) mass is 445 g/mol. The highest BCUT2D eigenvalue weighted by atomic mass is 35.5. The number of nitrogens with one attached hydrogen (secondary N) is 1. The topological polar surface area (TPSA) is 46.9 Å². The molecule has 4 fully saturated rings. The third-order valence-electron chi connectivity index (χ3n) is 7.72. The van der Waals surface area contributed by atoms with Crippen LogP contribution in [0.25, 0.3) is 0 Å². The van der Waals surface area contributed by atoms with E-state index in [1.54, 1.807) is 0 Å². The van der Waals surface area contributed by atoms with Crippen LogP contribution in [-0.2, 0) is 11.3 Å². The van der Waals surface area contributed by atoms with E-state index in [1.165, 1.54) is 38.5 Å². The van der Waals surface area contributed by atoms with Crippen molar-refractivity contribution in [1.82, 2.24) is 9.78 Å². The number of aromatic nitrogens is 2. The number of nitrogens with zero attached hydrogens (tertiary/aromatic N) is 2. The van der Waals surface area contributed by atoms with Gasteiger partial charge in [-0.3, -0.25) is 9.48 Å². The number of amides is 1. The summed E-state index contributed by atoms with van der Waals surface area (Å²) in [6, 6.07) is 5.51. The number of rotatable bonds is 5. The molecule has 4 aliphatic rings. The Labute approximate surface area is 188 Å². The van der Waals surface area contributed by atoms with Crippen molar-refractivity contribution < 1.29 is 4.79 Å². The average molecular weight is 446 g/mol. The van der Waals surface area contributed by atoms with Gasteiger partial charge in [-0.1, -0.05) is 29.3 Å². The molecule has 0 unspecified atom stereocenters. The van der Waals surface area contributed by atoms with E-state index >= 15 is 0 Å². The van der Waals surface area contributed by atoms with Crippen molar-refractivity contribution >= 4 is 34.8 Å². The second-order valence-electron chi connectivity index (χ2n) is 10.0. The third-order valence-corrected chi connectivity index (χ3v) is 8.42. The number of carbonyl (C=O) groups is 1. The lowest BCUT2D eigenvalue weighted by molar-refractivity contribution is -0.124. The number of aryl methyl sites for hydroxylation is 1. The van der Waals surface area contributed by atoms with Gasteiger partial charge in [0.15, 0.2) is 0 Å². The Balaban J connectivity index is 1.31. The fraction of sp³-hybridized carbons (Fsp3) is 0.583. The Morgan fingerprint density at radius 2 is 1.67 bits per heavy atom. The zero-order valence-electron chi connectivity index (χ0n) is 17.7. The molecule has 4 nitrogen and oxygen atoms in total. The molecule has 30 heavy (non-hydrogen) atoms. The van der Waals surface area contributed by atoms with Crippen molar-refractivity contribution in [2.75, 3.05) is 5.32 Å². The summed E-state index contributed by atoms with van der Waals surface area (Å²) in [4.78, 5) is 13.1. The van der Waals surface area contributed by atoms with Crippen molar-refractivity contribution in [2.24, 2.45) is 23.2 Å². The summed E-state index contributed by atoms with van der Waals surface area (Å²) in [6.45, 7) is 4.42. The van der Waals surface area contributed by atoms with Crippen LogP contribution in [0.1, 0.15) is 61.9 Å². The van der Waals surface area contributed by atoms with Gasteiger partial charge in [-0.25, -0.2) is 0 Å². The highest BCUT2D eigenvalue weighted by Crippen LogP contribution is 2.61. The Hall–Kier alpha value is -1.52. The number of hydrogen-bond donors (Lipinski definition) is 1. The largest absolute Gasteiger partial charge is 0.323 e. The molecule has 4 saturated carbocycles. The molecular weight excluding hydrogens is 417 g/mol. The lowest BCUT2D eigenvalue weighted by Gasteiger charge is -2.56. The first-order valence-electron chi connectivity index (χ1n) is 11.1. The zero-order chi connectivity index (χ0) is 21.0. The predicted octanol–water partition coefficient (Wildman–Crippen LogP) is 6.40. The van der Waals surface area contributed by atoms with Crippen LogP contribution in [0, 0.1) is 37.0 Å². The molecule has 0 saturated heterocycles. The minimum atomic E-state index is 0.137. The van der Waals surface area contributed by atoms with Gasteiger partial charge in [0.1, 0.15) is 0 Å². The fourth-order valence-electron chi connectivity index (χ4n) is 6.90. The highest BCUT2D eigenvalue weighted by Gasteiger charge is 2.51. The van der Waals surface area contributed by atoms with E-state index in [9.17, 15) is 4.79 Å². The van der Waals surface area contributed by atoms with E-state index in [-0.39, 0.29) is 11.3 Å². The maximum absolute atomic E-state index is 13.1. The summed E-state index contributed by atoms with van der Waals surface area (Å²) in [5.41, 5.74) is 3.67. The van der Waals surface area contributed by atoms with E-state index < -0.39 is 0 Å².